The number of benzene rings is 2. The van der Waals surface area contributed by atoms with E-state index in [4.69, 9.17) is 0 Å². The van der Waals surface area contributed by atoms with Crippen LogP contribution in [0.5, 0.6) is 0 Å². The van der Waals surface area contributed by atoms with E-state index in [2.05, 4.69) is 15.5 Å². The van der Waals surface area contributed by atoms with Gasteiger partial charge in [0, 0.05) is 10.9 Å². The third kappa shape index (κ3) is 3.52. The molecular formula is C16H12FN3S. The second kappa shape index (κ2) is 6.28. The van der Waals surface area contributed by atoms with Crippen molar-refractivity contribution in [1.82, 2.24) is 4.98 Å². The minimum absolute atomic E-state index is 0.257. The van der Waals surface area contributed by atoms with Crippen molar-refractivity contribution in [2.24, 2.45) is 5.10 Å². The average Bonchev–Trinajstić information content (AvgIpc) is 2.99. The molecule has 0 atom stereocenters. The van der Waals surface area contributed by atoms with Crippen molar-refractivity contribution < 1.29 is 4.39 Å². The van der Waals surface area contributed by atoms with Crippen molar-refractivity contribution in [2.75, 3.05) is 5.43 Å². The maximum atomic E-state index is 12.8. The summed E-state index contributed by atoms with van der Waals surface area (Å²) >= 11 is 1.49. The molecule has 0 aliphatic heterocycles. The molecule has 1 N–H and O–H groups in total. The van der Waals surface area contributed by atoms with Crippen LogP contribution in [-0.4, -0.2) is 11.2 Å². The van der Waals surface area contributed by atoms with Gasteiger partial charge in [-0.25, -0.2) is 9.37 Å². The Morgan fingerprint density at radius 1 is 1.05 bits per heavy atom. The van der Waals surface area contributed by atoms with Crippen LogP contribution in [0.3, 0.4) is 0 Å². The summed E-state index contributed by atoms with van der Waals surface area (Å²) in [5.74, 6) is -0.257. The molecule has 0 aliphatic rings. The lowest BCUT2D eigenvalue weighted by Gasteiger charge is -1.95. The number of halogens is 1. The highest BCUT2D eigenvalue weighted by molar-refractivity contribution is 7.14. The molecule has 3 rings (SSSR count). The fourth-order valence-corrected chi connectivity index (χ4v) is 2.45. The molecule has 3 nitrogen and oxygen atoms in total. The molecule has 0 radical (unpaired) electrons. The molecule has 0 saturated carbocycles. The van der Waals surface area contributed by atoms with Crippen molar-refractivity contribution >= 4 is 22.7 Å². The quantitative estimate of drug-likeness (QED) is 0.572. The Labute approximate surface area is 125 Å². The van der Waals surface area contributed by atoms with Crippen LogP contribution in [0.2, 0.25) is 0 Å². The molecule has 1 heterocycles. The van der Waals surface area contributed by atoms with Crippen LogP contribution >= 0.6 is 11.3 Å². The van der Waals surface area contributed by atoms with E-state index in [1.165, 1.54) is 23.5 Å². The van der Waals surface area contributed by atoms with Gasteiger partial charge >= 0.3 is 0 Å². The van der Waals surface area contributed by atoms with Crippen LogP contribution in [0.15, 0.2) is 65.1 Å². The monoisotopic (exact) mass is 297 g/mol. The summed E-state index contributed by atoms with van der Waals surface area (Å²) in [7, 11) is 0. The Balaban J connectivity index is 1.66. The second-order valence-corrected chi connectivity index (χ2v) is 5.18. The first-order chi connectivity index (χ1) is 10.3. The molecule has 0 fully saturated rings. The summed E-state index contributed by atoms with van der Waals surface area (Å²) in [5.41, 5.74) is 5.69. The van der Waals surface area contributed by atoms with E-state index < -0.39 is 0 Å². The van der Waals surface area contributed by atoms with Gasteiger partial charge in [-0.2, -0.15) is 5.10 Å². The van der Waals surface area contributed by atoms with Crippen LogP contribution < -0.4 is 5.43 Å². The Kier molecular flexibility index (Phi) is 4.02. The van der Waals surface area contributed by atoms with E-state index in [0.717, 1.165) is 16.8 Å². The molecule has 0 aliphatic carbocycles. The zero-order valence-electron chi connectivity index (χ0n) is 11.0. The van der Waals surface area contributed by atoms with Gasteiger partial charge in [0.25, 0.3) is 0 Å². The van der Waals surface area contributed by atoms with Crippen LogP contribution in [0, 0.1) is 5.82 Å². The minimum atomic E-state index is -0.257. The lowest BCUT2D eigenvalue weighted by molar-refractivity contribution is 0.628. The number of nitrogens with zero attached hydrogens (tertiary/aromatic N) is 2. The number of hydrazone groups is 1. The lowest BCUT2D eigenvalue weighted by atomic mass is 10.2. The standard InChI is InChI=1S/C16H12FN3S/c17-14-8-6-12(7-9-14)10-18-20-16-19-15(11-21-16)13-4-2-1-3-5-13/h1-11H,(H,19,20)/b18-10+. The molecule has 21 heavy (non-hydrogen) atoms. The van der Waals surface area contributed by atoms with Gasteiger partial charge in [-0.1, -0.05) is 42.5 Å². The first-order valence-corrected chi connectivity index (χ1v) is 7.25. The highest BCUT2D eigenvalue weighted by Crippen LogP contribution is 2.24. The molecule has 0 unspecified atom stereocenters. The normalized spacial score (nSPS) is 10.9. The van der Waals surface area contributed by atoms with E-state index >= 15 is 0 Å². The van der Waals surface area contributed by atoms with Crippen molar-refractivity contribution in [3.63, 3.8) is 0 Å². The number of rotatable bonds is 4. The van der Waals surface area contributed by atoms with Gasteiger partial charge in [0.2, 0.25) is 5.13 Å². The minimum Gasteiger partial charge on any atom is -0.253 e. The van der Waals surface area contributed by atoms with Gasteiger partial charge < -0.3 is 0 Å². The predicted octanol–water partition coefficient (Wildman–Crippen LogP) is 4.40. The maximum absolute atomic E-state index is 12.8. The first kappa shape index (κ1) is 13.5. The molecule has 0 amide bonds. The Hall–Kier alpha value is -2.53. The van der Waals surface area contributed by atoms with Crippen LogP contribution in [0.4, 0.5) is 9.52 Å². The molecule has 3 aromatic rings. The number of aromatic nitrogens is 1. The molecule has 104 valence electrons. The fourth-order valence-electron chi connectivity index (χ4n) is 1.78. The number of hydrogen-bond acceptors (Lipinski definition) is 4. The fraction of sp³-hybridized carbons (Fsp3) is 0. The highest BCUT2D eigenvalue weighted by atomic mass is 32.1. The number of thiazole rings is 1. The van der Waals surface area contributed by atoms with Gasteiger partial charge in [-0.3, -0.25) is 5.43 Å². The van der Waals surface area contributed by atoms with Gasteiger partial charge in [-0.05, 0) is 17.7 Å². The Morgan fingerprint density at radius 3 is 2.57 bits per heavy atom. The molecule has 1 aromatic heterocycles. The largest absolute Gasteiger partial charge is 0.253 e. The Morgan fingerprint density at radius 2 is 1.81 bits per heavy atom. The van der Waals surface area contributed by atoms with Crippen LogP contribution in [-0.2, 0) is 0 Å². The molecular weight excluding hydrogens is 285 g/mol. The third-order valence-corrected chi connectivity index (χ3v) is 3.56. The second-order valence-electron chi connectivity index (χ2n) is 4.33. The van der Waals surface area contributed by atoms with Crippen molar-refractivity contribution in [3.8, 4) is 11.3 Å². The molecule has 0 saturated heterocycles. The lowest BCUT2D eigenvalue weighted by Crippen LogP contribution is -1.90. The zero-order chi connectivity index (χ0) is 14.5. The topological polar surface area (TPSA) is 37.3 Å². The average molecular weight is 297 g/mol. The van der Waals surface area contributed by atoms with E-state index in [1.807, 2.05) is 35.7 Å². The van der Waals surface area contributed by atoms with E-state index in [1.54, 1.807) is 18.3 Å². The van der Waals surface area contributed by atoms with Crippen molar-refractivity contribution in [1.29, 1.82) is 0 Å². The SMILES string of the molecule is Fc1ccc(/C=N/Nc2nc(-c3ccccc3)cs2)cc1. The smallest absolute Gasteiger partial charge is 0.203 e. The van der Waals surface area contributed by atoms with Gasteiger partial charge in [0.05, 0.1) is 11.9 Å². The number of nitrogens with one attached hydrogen (secondary N) is 1. The first-order valence-electron chi connectivity index (χ1n) is 6.37. The zero-order valence-corrected chi connectivity index (χ0v) is 11.8. The van der Waals surface area contributed by atoms with E-state index in [0.29, 0.717) is 5.13 Å². The summed E-state index contributed by atoms with van der Waals surface area (Å²) < 4.78 is 12.8. The Bertz CT molecular complexity index is 736. The van der Waals surface area contributed by atoms with Gasteiger partial charge in [0.15, 0.2) is 0 Å². The van der Waals surface area contributed by atoms with Crippen LogP contribution in [0.1, 0.15) is 5.56 Å². The third-order valence-electron chi connectivity index (χ3n) is 2.82. The predicted molar refractivity (Wildman–Crippen MR) is 85.2 cm³/mol. The summed E-state index contributed by atoms with van der Waals surface area (Å²) in [6.07, 6.45) is 1.63. The highest BCUT2D eigenvalue weighted by Gasteiger charge is 2.02. The van der Waals surface area contributed by atoms with Gasteiger partial charge in [-0.15, -0.1) is 11.3 Å². The van der Waals surface area contributed by atoms with Crippen molar-refractivity contribution in [3.05, 3.63) is 71.4 Å². The number of anilines is 1. The molecule has 5 heteroatoms. The summed E-state index contributed by atoms with van der Waals surface area (Å²) in [6, 6.07) is 16.1. The summed E-state index contributed by atoms with van der Waals surface area (Å²) in [5, 5.41) is 6.79. The van der Waals surface area contributed by atoms with Gasteiger partial charge in [0.1, 0.15) is 5.82 Å². The van der Waals surface area contributed by atoms with E-state index in [9.17, 15) is 4.39 Å². The molecule has 0 spiro atoms. The molecule has 2 aromatic carbocycles. The van der Waals surface area contributed by atoms with Crippen molar-refractivity contribution in [2.45, 2.75) is 0 Å². The maximum Gasteiger partial charge on any atom is 0.203 e. The van der Waals surface area contributed by atoms with E-state index in [-0.39, 0.29) is 5.82 Å². The summed E-state index contributed by atoms with van der Waals surface area (Å²) in [4.78, 5) is 4.46. The van der Waals surface area contributed by atoms with Crippen LogP contribution in [0.25, 0.3) is 11.3 Å². The number of hydrogen-bond donors (Lipinski definition) is 1. The molecule has 0 bridgehead atoms. The summed E-state index contributed by atoms with van der Waals surface area (Å²) in [6.45, 7) is 0.